The van der Waals surface area contributed by atoms with Crippen molar-refractivity contribution in [2.24, 2.45) is 5.73 Å². The van der Waals surface area contributed by atoms with E-state index in [9.17, 15) is 0 Å². The molecule has 0 aliphatic carbocycles. The summed E-state index contributed by atoms with van der Waals surface area (Å²) in [5.41, 5.74) is 6.84. The topological polar surface area (TPSA) is 71.4 Å². The van der Waals surface area contributed by atoms with Crippen LogP contribution in [0.15, 0.2) is 34.9 Å². The SMILES string of the molecule is NCc1nc(CN2CCN(Cc3ccccc3)CC2)no1. The molecule has 0 unspecified atom stereocenters. The van der Waals surface area contributed by atoms with E-state index in [0.717, 1.165) is 45.1 Å². The van der Waals surface area contributed by atoms with Crippen LogP contribution in [0.25, 0.3) is 0 Å². The molecule has 2 aromatic rings. The molecule has 6 heteroatoms. The third-order valence-corrected chi connectivity index (χ3v) is 3.76. The van der Waals surface area contributed by atoms with Crippen molar-refractivity contribution in [3.05, 3.63) is 47.6 Å². The lowest BCUT2D eigenvalue weighted by Gasteiger charge is -2.34. The molecule has 2 heterocycles. The standard InChI is InChI=1S/C15H21N5O/c16-10-15-17-14(18-21-15)12-20-8-6-19(7-9-20)11-13-4-2-1-3-5-13/h1-5H,6-12,16H2. The lowest BCUT2D eigenvalue weighted by molar-refractivity contribution is 0.119. The Labute approximate surface area is 124 Å². The molecule has 3 rings (SSSR count). The molecule has 0 amide bonds. The van der Waals surface area contributed by atoms with Crippen LogP contribution in [0.3, 0.4) is 0 Å². The zero-order valence-electron chi connectivity index (χ0n) is 12.1. The van der Waals surface area contributed by atoms with Gasteiger partial charge in [0.2, 0.25) is 5.89 Å². The third-order valence-electron chi connectivity index (χ3n) is 3.76. The van der Waals surface area contributed by atoms with Gasteiger partial charge in [-0.25, -0.2) is 0 Å². The number of hydrogen-bond acceptors (Lipinski definition) is 6. The summed E-state index contributed by atoms with van der Waals surface area (Å²) in [6.07, 6.45) is 0. The molecule has 2 N–H and O–H groups in total. The van der Waals surface area contributed by atoms with Crippen molar-refractivity contribution in [1.82, 2.24) is 19.9 Å². The van der Waals surface area contributed by atoms with Crippen LogP contribution in [0.1, 0.15) is 17.3 Å². The number of piperazine rings is 1. The molecular weight excluding hydrogens is 266 g/mol. The van der Waals surface area contributed by atoms with E-state index in [4.69, 9.17) is 10.3 Å². The van der Waals surface area contributed by atoms with Gasteiger partial charge in [0.05, 0.1) is 13.1 Å². The Balaban J connectivity index is 1.46. The fourth-order valence-corrected chi connectivity index (χ4v) is 2.58. The second-order valence-corrected chi connectivity index (χ2v) is 5.35. The number of benzene rings is 1. The number of aromatic nitrogens is 2. The first kappa shape index (κ1) is 14.2. The molecule has 1 fully saturated rings. The van der Waals surface area contributed by atoms with Crippen LogP contribution < -0.4 is 5.73 Å². The van der Waals surface area contributed by atoms with Crippen LogP contribution >= 0.6 is 0 Å². The first-order chi connectivity index (χ1) is 10.3. The summed E-state index contributed by atoms with van der Waals surface area (Å²) in [5.74, 6) is 1.24. The van der Waals surface area contributed by atoms with E-state index in [0.29, 0.717) is 12.4 Å². The quantitative estimate of drug-likeness (QED) is 0.879. The van der Waals surface area contributed by atoms with Crippen LogP contribution in [-0.2, 0) is 19.6 Å². The van der Waals surface area contributed by atoms with E-state index in [1.807, 2.05) is 0 Å². The van der Waals surface area contributed by atoms with E-state index in [2.05, 4.69) is 50.3 Å². The number of nitrogens with zero attached hydrogens (tertiary/aromatic N) is 4. The first-order valence-electron chi connectivity index (χ1n) is 7.33. The second-order valence-electron chi connectivity index (χ2n) is 5.35. The van der Waals surface area contributed by atoms with Crippen molar-refractivity contribution in [3.8, 4) is 0 Å². The molecule has 0 bridgehead atoms. The van der Waals surface area contributed by atoms with E-state index in [1.54, 1.807) is 0 Å². The lowest BCUT2D eigenvalue weighted by atomic mass is 10.2. The van der Waals surface area contributed by atoms with Gasteiger partial charge in [-0.05, 0) is 5.56 Å². The molecule has 112 valence electrons. The van der Waals surface area contributed by atoms with Gasteiger partial charge in [-0.2, -0.15) is 4.98 Å². The fourth-order valence-electron chi connectivity index (χ4n) is 2.58. The van der Waals surface area contributed by atoms with E-state index in [1.165, 1.54) is 5.56 Å². The molecule has 1 aromatic heterocycles. The Morgan fingerprint density at radius 1 is 1.00 bits per heavy atom. The minimum absolute atomic E-state index is 0.303. The predicted molar refractivity (Wildman–Crippen MR) is 79.2 cm³/mol. The largest absolute Gasteiger partial charge is 0.338 e. The molecule has 6 nitrogen and oxygen atoms in total. The van der Waals surface area contributed by atoms with Gasteiger partial charge >= 0.3 is 0 Å². The minimum atomic E-state index is 0.303. The average molecular weight is 287 g/mol. The Morgan fingerprint density at radius 2 is 1.67 bits per heavy atom. The van der Waals surface area contributed by atoms with Crippen LogP contribution in [0.5, 0.6) is 0 Å². The summed E-state index contributed by atoms with van der Waals surface area (Å²) in [7, 11) is 0. The summed E-state index contributed by atoms with van der Waals surface area (Å²) >= 11 is 0. The first-order valence-corrected chi connectivity index (χ1v) is 7.33. The summed E-state index contributed by atoms with van der Waals surface area (Å²) in [5, 5.41) is 3.95. The minimum Gasteiger partial charge on any atom is -0.338 e. The van der Waals surface area contributed by atoms with Crippen molar-refractivity contribution < 1.29 is 4.52 Å². The normalized spacial score (nSPS) is 17.2. The van der Waals surface area contributed by atoms with Gasteiger partial charge in [-0.3, -0.25) is 9.80 Å². The van der Waals surface area contributed by atoms with Crippen molar-refractivity contribution in [1.29, 1.82) is 0 Å². The zero-order chi connectivity index (χ0) is 14.5. The highest BCUT2D eigenvalue weighted by atomic mass is 16.5. The maximum Gasteiger partial charge on any atom is 0.240 e. The van der Waals surface area contributed by atoms with Crippen LogP contribution in [0.2, 0.25) is 0 Å². The maximum absolute atomic E-state index is 5.47. The molecule has 1 aromatic carbocycles. The van der Waals surface area contributed by atoms with Gasteiger partial charge in [0, 0.05) is 32.7 Å². The van der Waals surface area contributed by atoms with Crippen LogP contribution in [-0.4, -0.2) is 46.1 Å². The summed E-state index contributed by atoms with van der Waals surface area (Å²) in [6, 6.07) is 10.6. The fraction of sp³-hybridized carbons (Fsp3) is 0.467. The van der Waals surface area contributed by atoms with E-state index >= 15 is 0 Å². The van der Waals surface area contributed by atoms with E-state index < -0.39 is 0 Å². The predicted octanol–water partition coefficient (Wildman–Crippen LogP) is 0.846. The molecule has 0 spiro atoms. The summed E-state index contributed by atoms with van der Waals surface area (Å²) in [6.45, 7) is 6.25. The van der Waals surface area contributed by atoms with Crippen LogP contribution in [0.4, 0.5) is 0 Å². The number of nitrogens with two attached hydrogens (primary N) is 1. The number of hydrogen-bond donors (Lipinski definition) is 1. The van der Waals surface area contributed by atoms with Gasteiger partial charge in [0.1, 0.15) is 0 Å². The zero-order valence-corrected chi connectivity index (χ0v) is 12.1. The number of rotatable bonds is 5. The molecular formula is C15H21N5O. The molecule has 1 aliphatic rings. The summed E-state index contributed by atoms with van der Waals surface area (Å²) in [4.78, 5) is 9.08. The van der Waals surface area contributed by atoms with Gasteiger partial charge in [-0.15, -0.1) is 0 Å². The highest BCUT2D eigenvalue weighted by molar-refractivity contribution is 5.14. The molecule has 1 saturated heterocycles. The highest BCUT2D eigenvalue weighted by Crippen LogP contribution is 2.10. The van der Waals surface area contributed by atoms with Crippen molar-refractivity contribution in [2.45, 2.75) is 19.6 Å². The average Bonchev–Trinajstić information content (AvgIpc) is 2.98. The third kappa shape index (κ3) is 3.87. The van der Waals surface area contributed by atoms with Gasteiger partial charge in [-0.1, -0.05) is 35.5 Å². The van der Waals surface area contributed by atoms with Gasteiger partial charge in [0.25, 0.3) is 0 Å². The molecule has 21 heavy (non-hydrogen) atoms. The Bertz CT molecular complexity index is 548. The Hall–Kier alpha value is -1.76. The highest BCUT2D eigenvalue weighted by Gasteiger charge is 2.18. The van der Waals surface area contributed by atoms with Crippen LogP contribution in [0, 0.1) is 0 Å². The Kier molecular flexibility index (Phi) is 4.59. The van der Waals surface area contributed by atoms with Gasteiger partial charge < -0.3 is 10.3 Å². The van der Waals surface area contributed by atoms with Crippen molar-refractivity contribution in [2.75, 3.05) is 26.2 Å². The summed E-state index contributed by atoms with van der Waals surface area (Å²) < 4.78 is 5.03. The van der Waals surface area contributed by atoms with Crippen molar-refractivity contribution in [3.63, 3.8) is 0 Å². The maximum atomic E-state index is 5.47. The van der Waals surface area contributed by atoms with Gasteiger partial charge in [0.15, 0.2) is 5.82 Å². The smallest absolute Gasteiger partial charge is 0.240 e. The second kappa shape index (κ2) is 6.80. The van der Waals surface area contributed by atoms with E-state index in [-0.39, 0.29) is 0 Å². The monoisotopic (exact) mass is 287 g/mol. The molecule has 0 atom stereocenters. The molecule has 1 aliphatic heterocycles. The molecule has 0 radical (unpaired) electrons. The van der Waals surface area contributed by atoms with Crippen molar-refractivity contribution >= 4 is 0 Å². The Morgan fingerprint density at radius 3 is 2.29 bits per heavy atom. The molecule has 0 saturated carbocycles. The lowest BCUT2D eigenvalue weighted by Crippen LogP contribution is -2.45.